The molecule has 0 heterocycles. The number of aliphatic imine (C=N–C) groups is 1. The molecule has 5 heteroatoms. The quantitative estimate of drug-likeness (QED) is 0.323. The predicted octanol–water partition coefficient (Wildman–Crippen LogP) is 1.59. The van der Waals surface area contributed by atoms with Crippen LogP contribution in [0.3, 0.4) is 0 Å². The minimum absolute atomic E-state index is 0. The second kappa shape index (κ2) is 12.0. The van der Waals surface area contributed by atoms with Crippen molar-refractivity contribution in [3.8, 4) is 0 Å². The third kappa shape index (κ3) is 14.0. The van der Waals surface area contributed by atoms with Crippen molar-refractivity contribution < 1.29 is 4.74 Å². The summed E-state index contributed by atoms with van der Waals surface area (Å²) in [5.41, 5.74) is 5.63. The normalized spacial score (nSPS) is 11.3. The van der Waals surface area contributed by atoms with Crippen molar-refractivity contribution in [2.75, 3.05) is 26.3 Å². The fourth-order valence-corrected chi connectivity index (χ4v) is 0.872. The highest BCUT2D eigenvalue weighted by molar-refractivity contribution is 14.0. The molecular formula is C10H24IN3O. The van der Waals surface area contributed by atoms with E-state index in [9.17, 15) is 0 Å². The number of rotatable bonds is 7. The molecule has 0 aliphatic rings. The number of hydrogen-bond donors (Lipinski definition) is 2. The molecule has 3 N–H and O–H groups in total. The van der Waals surface area contributed by atoms with Gasteiger partial charge in [0.2, 0.25) is 0 Å². The highest BCUT2D eigenvalue weighted by Crippen LogP contribution is 1.90. The van der Waals surface area contributed by atoms with Crippen LogP contribution < -0.4 is 11.1 Å². The second-order valence-electron chi connectivity index (χ2n) is 3.60. The molecule has 0 aliphatic heterocycles. The van der Waals surface area contributed by atoms with E-state index in [0.29, 0.717) is 11.9 Å². The predicted molar refractivity (Wildman–Crippen MR) is 75.9 cm³/mol. The first kappa shape index (κ1) is 17.4. The fraction of sp³-hybridized carbons (Fsp3) is 0.900. The SMILES string of the molecule is CCOCCCNC(N)=NCC(C)C.I. The number of guanidine groups is 1. The van der Waals surface area contributed by atoms with Crippen molar-refractivity contribution >= 4 is 29.9 Å². The van der Waals surface area contributed by atoms with E-state index in [2.05, 4.69) is 24.2 Å². The van der Waals surface area contributed by atoms with E-state index in [4.69, 9.17) is 10.5 Å². The zero-order valence-corrected chi connectivity index (χ0v) is 12.3. The fourth-order valence-electron chi connectivity index (χ4n) is 0.872. The Morgan fingerprint density at radius 1 is 1.47 bits per heavy atom. The summed E-state index contributed by atoms with van der Waals surface area (Å²) in [6.45, 7) is 9.39. The van der Waals surface area contributed by atoms with Crippen LogP contribution in [0.1, 0.15) is 27.2 Å². The van der Waals surface area contributed by atoms with Crippen molar-refractivity contribution in [3.63, 3.8) is 0 Å². The summed E-state index contributed by atoms with van der Waals surface area (Å²) < 4.78 is 5.19. The maximum Gasteiger partial charge on any atom is 0.188 e. The van der Waals surface area contributed by atoms with Crippen LogP contribution in [0.5, 0.6) is 0 Å². The summed E-state index contributed by atoms with van der Waals surface area (Å²) in [5, 5.41) is 3.04. The summed E-state index contributed by atoms with van der Waals surface area (Å²) in [7, 11) is 0. The number of hydrogen-bond acceptors (Lipinski definition) is 2. The average molecular weight is 329 g/mol. The van der Waals surface area contributed by atoms with Crippen molar-refractivity contribution in [2.24, 2.45) is 16.6 Å². The maximum absolute atomic E-state index is 5.63. The molecule has 92 valence electrons. The molecule has 15 heavy (non-hydrogen) atoms. The van der Waals surface area contributed by atoms with Crippen LogP contribution in [0.25, 0.3) is 0 Å². The van der Waals surface area contributed by atoms with Gasteiger partial charge in [-0.15, -0.1) is 24.0 Å². The Morgan fingerprint density at radius 3 is 2.67 bits per heavy atom. The largest absolute Gasteiger partial charge is 0.382 e. The van der Waals surface area contributed by atoms with E-state index in [-0.39, 0.29) is 24.0 Å². The van der Waals surface area contributed by atoms with Crippen LogP contribution in [0, 0.1) is 5.92 Å². The lowest BCUT2D eigenvalue weighted by molar-refractivity contribution is 0.145. The van der Waals surface area contributed by atoms with Crippen molar-refractivity contribution in [3.05, 3.63) is 0 Å². The molecule has 0 aromatic heterocycles. The highest BCUT2D eigenvalue weighted by atomic mass is 127. The lowest BCUT2D eigenvalue weighted by Crippen LogP contribution is -2.33. The van der Waals surface area contributed by atoms with Gasteiger partial charge in [0.05, 0.1) is 0 Å². The monoisotopic (exact) mass is 329 g/mol. The Hall–Kier alpha value is -0.0400. The van der Waals surface area contributed by atoms with E-state index < -0.39 is 0 Å². The van der Waals surface area contributed by atoms with Gasteiger partial charge >= 0.3 is 0 Å². The van der Waals surface area contributed by atoms with Crippen LogP contribution in [0.4, 0.5) is 0 Å². The Balaban J connectivity index is 0. The first-order valence-corrected chi connectivity index (χ1v) is 5.28. The van der Waals surface area contributed by atoms with E-state index in [1.54, 1.807) is 0 Å². The van der Waals surface area contributed by atoms with Gasteiger partial charge in [-0.2, -0.15) is 0 Å². The van der Waals surface area contributed by atoms with Gasteiger partial charge in [-0.05, 0) is 19.3 Å². The Bertz CT molecular complexity index is 163. The maximum atomic E-state index is 5.63. The van der Waals surface area contributed by atoms with Crippen molar-refractivity contribution in [2.45, 2.75) is 27.2 Å². The van der Waals surface area contributed by atoms with E-state index in [0.717, 1.165) is 32.7 Å². The molecule has 0 saturated heterocycles. The lowest BCUT2D eigenvalue weighted by atomic mass is 10.2. The van der Waals surface area contributed by atoms with Gasteiger partial charge in [-0.3, -0.25) is 4.99 Å². The molecule has 0 unspecified atom stereocenters. The molecule has 0 amide bonds. The van der Waals surface area contributed by atoms with Gasteiger partial charge in [0.15, 0.2) is 5.96 Å². The smallest absolute Gasteiger partial charge is 0.188 e. The number of halogens is 1. The third-order valence-electron chi connectivity index (χ3n) is 1.60. The van der Waals surface area contributed by atoms with Gasteiger partial charge in [0.25, 0.3) is 0 Å². The highest BCUT2D eigenvalue weighted by Gasteiger charge is 1.93. The zero-order chi connectivity index (χ0) is 10.8. The molecule has 0 fully saturated rings. The van der Waals surface area contributed by atoms with Gasteiger partial charge in [0, 0.05) is 26.3 Å². The van der Waals surface area contributed by atoms with E-state index >= 15 is 0 Å². The molecule has 0 atom stereocenters. The van der Waals surface area contributed by atoms with Crippen LogP contribution in [0.2, 0.25) is 0 Å². The topological polar surface area (TPSA) is 59.6 Å². The summed E-state index contributed by atoms with van der Waals surface area (Å²) in [4.78, 5) is 4.18. The number of nitrogens with one attached hydrogen (secondary N) is 1. The molecule has 0 aliphatic carbocycles. The Kier molecular flexibility index (Phi) is 13.9. The second-order valence-corrected chi connectivity index (χ2v) is 3.60. The minimum Gasteiger partial charge on any atom is -0.382 e. The summed E-state index contributed by atoms with van der Waals surface area (Å²) in [6, 6.07) is 0. The Labute approximate surface area is 110 Å². The molecular weight excluding hydrogens is 305 g/mol. The van der Waals surface area contributed by atoms with Gasteiger partial charge in [-0.25, -0.2) is 0 Å². The molecule has 0 rings (SSSR count). The average Bonchev–Trinajstić information content (AvgIpc) is 2.14. The van der Waals surface area contributed by atoms with Crippen LogP contribution in [0.15, 0.2) is 4.99 Å². The van der Waals surface area contributed by atoms with Crippen LogP contribution in [-0.4, -0.2) is 32.3 Å². The zero-order valence-electron chi connectivity index (χ0n) is 9.95. The molecule has 0 spiro atoms. The van der Waals surface area contributed by atoms with Crippen molar-refractivity contribution in [1.82, 2.24) is 5.32 Å². The first-order valence-electron chi connectivity index (χ1n) is 5.28. The summed E-state index contributed by atoms with van der Waals surface area (Å²) in [5.74, 6) is 1.09. The molecule has 0 aromatic carbocycles. The van der Waals surface area contributed by atoms with E-state index in [1.165, 1.54) is 0 Å². The standard InChI is InChI=1S/C10H23N3O.HI/c1-4-14-7-5-6-12-10(11)13-8-9(2)3;/h9H,4-8H2,1-3H3,(H3,11,12,13);1H. The summed E-state index contributed by atoms with van der Waals surface area (Å²) in [6.07, 6.45) is 0.964. The molecule has 0 bridgehead atoms. The minimum atomic E-state index is 0. The van der Waals surface area contributed by atoms with Gasteiger partial charge < -0.3 is 15.8 Å². The molecule has 0 radical (unpaired) electrons. The molecule has 4 nitrogen and oxygen atoms in total. The van der Waals surface area contributed by atoms with Gasteiger partial charge in [-0.1, -0.05) is 13.8 Å². The number of nitrogens with zero attached hydrogens (tertiary/aromatic N) is 1. The van der Waals surface area contributed by atoms with E-state index in [1.807, 2.05) is 6.92 Å². The van der Waals surface area contributed by atoms with Crippen LogP contribution in [-0.2, 0) is 4.74 Å². The van der Waals surface area contributed by atoms with Crippen LogP contribution >= 0.6 is 24.0 Å². The number of ether oxygens (including phenoxy) is 1. The van der Waals surface area contributed by atoms with Crippen molar-refractivity contribution in [1.29, 1.82) is 0 Å². The summed E-state index contributed by atoms with van der Waals surface area (Å²) >= 11 is 0. The third-order valence-corrected chi connectivity index (χ3v) is 1.60. The van der Waals surface area contributed by atoms with Gasteiger partial charge in [0.1, 0.15) is 0 Å². The Morgan fingerprint density at radius 2 is 2.13 bits per heavy atom. The first-order chi connectivity index (χ1) is 6.66. The molecule has 0 aromatic rings. The number of nitrogens with two attached hydrogens (primary N) is 1. The lowest BCUT2D eigenvalue weighted by Gasteiger charge is -2.06. The molecule has 0 saturated carbocycles.